The van der Waals surface area contributed by atoms with Crippen LogP contribution < -0.4 is 5.73 Å². The standard InChI is InChI=1S/C13H15N3S/c1-8-4-5-11(13(14)17)12(6-8)16-10(3)7-9(2)15-16/h4-7H,1-3H3,(H2,14,17). The van der Waals surface area contributed by atoms with E-state index in [-0.39, 0.29) is 0 Å². The van der Waals surface area contributed by atoms with Gasteiger partial charge in [-0.2, -0.15) is 5.10 Å². The maximum Gasteiger partial charge on any atom is 0.106 e. The molecule has 0 saturated heterocycles. The van der Waals surface area contributed by atoms with Crippen molar-refractivity contribution in [3.63, 3.8) is 0 Å². The number of hydrogen-bond donors (Lipinski definition) is 1. The van der Waals surface area contributed by atoms with E-state index in [1.54, 1.807) is 0 Å². The highest BCUT2D eigenvalue weighted by atomic mass is 32.1. The SMILES string of the molecule is Cc1ccc(C(N)=S)c(-n2nc(C)cc2C)c1. The third-order valence-electron chi connectivity index (χ3n) is 2.66. The average Bonchev–Trinajstić information content (AvgIpc) is 2.57. The summed E-state index contributed by atoms with van der Waals surface area (Å²) >= 11 is 5.08. The monoisotopic (exact) mass is 245 g/mol. The Morgan fingerprint density at radius 2 is 1.94 bits per heavy atom. The zero-order chi connectivity index (χ0) is 12.6. The van der Waals surface area contributed by atoms with Crippen molar-refractivity contribution in [2.24, 2.45) is 5.73 Å². The molecule has 1 aromatic heterocycles. The van der Waals surface area contributed by atoms with Crippen molar-refractivity contribution < 1.29 is 0 Å². The lowest BCUT2D eigenvalue weighted by Gasteiger charge is -2.11. The highest BCUT2D eigenvalue weighted by molar-refractivity contribution is 7.80. The summed E-state index contributed by atoms with van der Waals surface area (Å²) in [4.78, 5) is 0.396. The van der Waals surface area contributed by atoms with Crippen molar-refractivity contribution in [1.82, 2.24) is 9.78 Å². The molecule has 0 spiro atoms. The first-order chi connectivity index (χ1) is 7.99. The molecule has 2 rings (SSSR count). The summed E-state index contributed by atoms with van der Waals surface area (Å²) in [6.45, 7) is 6.03. The van der Waals surface area contributed by atoms with Gasteiger partial charge in [0.05, 0.1) is 11.4 Å². The van der Waals surface area contributed by atoms with Crippen molar-refractivity contribution in [3.05, 3.63) is 46.8 Å². The minimum absolute atomic E-state index is 0.396. The van der Waals surface area contributed by atoms with E-state index in [1.165, 1.54) is 0 Å². The van der Waals surface area contributed by atoms with Gasteiger partial charge in [0.15, 0.2) is 0 Å². The molecule has 1 heterocycles. The third-order valence-corrected chi connectivity index (χ3v) is 2.88. The fourth-order valence-electron chi connectivity index (χ4n) is 1.90. The van der Waals surface area contributed by atoms with Gasteiger partial charge in [0, 0.05) is 11.3 Å². The number of nitrogens with zero attached hydrogens (tertiary/aromatic N) is 2. The van der Waals surface area contributed by atoms with Crippen LogP contribution in [0.4, 0.5) is 0 Å². The number of thiocarbonyl (C=S) groups is 1. The van der Waals surface area contributed by atoms with Gasteiger partial charge >= 0.3 is 0 Å². The Morgan fingerprint density at radius 3 is 2.47 bits per heavy atom. The summed E-state index contributed by atoms with van der Waals surface area (Å²) in [6.07, 6.45) is 0. The molecule has 2 aromatic rings. The molecule has 88 valence electrons. The number of hydrogen-bond acceptors (Lipinski definition) is 2. The van der Waals surface area contributed by atoms with Gasteiger partial charge in [-0.1, -0.05) is 18.3 Å². The molecule has 0 aliphatic carbocycles. The zero-order valence-corrected chi connectivity index (χ0v) is 11.0. The predicted octanol–water partition coefficient (Wildman–Crippen LogP) is 2.43. The van der Waals surface area contributed by atoms with Crippen molar-refractivity contribution in [2.45, 2.75) is 20.8 Å². The average molecular weight is 245 g/mol. The Balaban J connectivity index is 2.69. The van der Waals surface area contributed by atoms with E-state index in [1.807, 2.05) is 49.7 Å². The Morgan fingerprint density at radius 1 is 1.24 bits per heavy atom. The smallest absolute Gasteiger partial charge is 0.106 e. The first-order valence-electron chi connectivity index (χ1n) is 5.43. The van der Waals surface area contributed by atoms with Crippen molar-refractivity contribution >= 4 is 17.2 Å². The maximum absolute atomic E-state index is 5.75. The van der Waals surface area contributed by atoms with Gasteiger partial charge < -0.3 is 5.73 Å². The molecule has 17 heavy (non-hydrogen) atoms. The van der Waals surface area contributed by atoms with Crippen LogP contribution in [0, 0.1) is 20.8 Å². The van der Waals surface area contributed by atoms with Gasteiger partial charge in [-0.25, -0.2) is 4.68 Å². The number of aromatic nitrogens is 2. The number of nitrogens with two attached hydrogens (primary N) is 1. The minimum Gasteiger partial charge on any atom is -0.389 e. The van der Waals surface area contributed by atoms with Gasteiger partial charge in [0.2, 0.25) is 0 Å². The molecule has 0 aliphatic heterocycles. The van der Waals surface area contributed by atoms with Crippen LogP contribution in [0.2, 0.25) is 0 Å². The summed E-state index contributed by atoms with van der Waals surface area (Å²) in [5.41, 5.74) is 10.8. The van der Waals surface area contributed by atoms with Crippen LogP contribution in [-0.4, -0.2) is 14.8 Å². The summed E-state index contributed by atoms with van der Waals surface area (Å²) in [7, 11) is 0. The van der Waals surface area contributed by atoms with Crippen LogP contribution in [-0.2, 0) is 0 Å². The van der Waals surface area contributed by atoms with E-state index in [0.717, 1.165) is 28.2 Å². The van der Waals surface area contributed by atoms with Gasteiger partial charge in [-0.15, -0.1) is 0 Å². The molecular weight excluding hydrogens is 230 g/mol. The molecule has 0 saturated carbocycles. The molecule has 3 nitrogen and oxygen atoms in total. The highest BCUT2D eigenvalue weighted by Gasteiger charge is 2.10. The summed E-state index contributed by atoms with van der Waals surface area (Å²) in [6, 6.07) is 8.03. The third kappa shape index (κ3) is 2.22. The van der Waals surface area contributed by atoms with E-state index in [4.69, 9.17) is 18.0 Å². The van der Waals surface area contributed by atoms with Crippen LogP contribution in [0.5, 0.6) is 0 Å². The molecular formula is C13H15N3S. The Hall–Kier alpha value is -1.68. The second-order valence-electron chi connectivity index (χ2n) is 4.22. The molecule has 4 heteroatoms. The quantitative estimate of drug-likeness (QED) is 0.826. The second-order valence-corrected chi connectivity index (χ2v) is 4.66. The lowest BCUT2D eigenvalue weighted by atomic mass is 10.1. The van der Waals surface area contributed by atoms with Crippen LogP contribution in [0.3, 0.4) is 0 Å². The normalized spacial score (nSPS) is 10.5. The maximum atomic E-state index is 5.75. The van der Waals surface area contributed by atoms with Gasteiger partial charge in [-0.3, -0.25) is 0 Å². The summed E-state index contributed by atoms with van der Waals surface area (Å²) in [5.74, 6) is 0. The molecule has 0 unspecified atom stereocenters. The molecule has 0 radical (unpaired) electrons. The van der Waals surface area contributed by atoms with Crippen molar-refractivity contribution in [1.29, 1.82) is 0 Å². The second kappa shape index (κ2) is 4.30. The van der Waals surface area contributed by atoms with Crippen LogP contribution >= 0.6 is 12.2 Å². The van der Waals surface area contributed by atoms with Crippen LogP contribution in [0.25, 0.3) is 5.69 Å². The summed E-state index contributed by atoms with van der Waals surface area (Å²) < 4.78 is 1.89. The Kier molecular flexibility index (Phi) is 2.98. The molecule has 1 aromatic carbocycles. The van der Waals surface area contributed by atoms with Crippen LogP contribution in [0.15, 0.2) is 24.3 Å². The first kappa shape index (κ1) is 11.8. The molecule has 0 aliphatic rings. The molecule has 0 amide bonds. The predicted molar refractivity (Wildman–Crippen MR) is 73.7 cm³/mol. The van der Waals surface area contributed by atoms with Gasteiger partial charge in [0.25, 0.3) is 0 Å². The Bertz CT molecular complexity index is 584. The fourth-order valence-corrected chi connectivity index (χ4v) is 2.07. The van der Waals surface area contributed by atoms with Crippen molar-refractivity contribution in [2.75, 3.05) is 0 Å². The van der Waals surface area contributed by atoms with Crippen LogP contribution in [0.1, 0.15) is 22.5 Å². The molecule has 0 atom stereocenters. The van der Waals surface area contributed by atoms with Crippen molar-refractivity contribution in [3.8, 4) is 5.69 Å². The lowest BCUT2D eigenvalue weighted by molar-refractivity contribution is 0.831. The number of aryl methyl sites for hydroxylation is 3. The highest BCUT2D eigenvalue weighted by Crippen LogP contribution is 2.18. The Labute approximate surface area is 106 Å². The van der Waals surface area contributed by atoms with E-state index >= 15 is 0 Å². The molecule has 0 bridgehead atoms. The first-order valence-corrected chi connectivity index (χ1v) is 5.84. The topological polar surface area (TPSA) is 43.8 Å². The molecule has 2 N–H and O–H groups in total. The zero-order valence-electron chi connectivity index (χ0n) is 10.2. The summed E-state index contributed by atoms with van der Waals surface area (Å²) in [5, 5.41) is 4.47. The van der Waals surface area contributed by atoms with E-state index in [0.29, 0.717) is 4.99 Å². The lowest BCUT2D eigenvalue weighted by Crippen LogP contribution is -2.14. The number of rotatable bonds is 2. The van der Waals surface area contributed by atoms with E-state index in [9.17, 15) is 0 Å². The number of benzene rings is 1. The van der Waals surface area contributed by atoms with Gasteiger partial charge in [0.1, 0.15) is 4.99 Å². The largest absolute Gasteiger partial charge is 0.389 e. The minimum atomic E-state index is 0.396. The van der Waals surface area contributed by atoms with Gasteiger partial charge in [-0.05, 0) is 44.5 Å². The molecule has 0 fully saturated rings. The van der Waals surface area contributed by atoms with E-state index in [2.05, 4.69) is 5.10 Å². The fraction of sp³-hybridized carbons (Fsp3) is 0.231. The van der Waals surface area contributed by atoms with E-state index < -0.39 is 0 Å².